The number of carbonyl (C=O) groups is 2. The smallest absolute Gasteiger partial charge is 0.422 e. The molecule has 0 bridgehead atoms. The van der Waals surface area contributed by atoms with Crippen molar-refractivity contribution in [2.45, 2.75) is 25.8 Å². The van der Waals surface area contributed by atoms with Gasteiger partial charge in [-0.05, 0) is 23.8 Å². The van der Waals surface area contributed by atoms with Crippen molar-refractivity contribution in [2.24, 2.45) is 0 Å². The molecule has 0 N–H and O–H groups in total. The molecule has 2 rings (SSSR count). The highest BCUT2D eigenvalue weighted by molar-refractivity contribution is 6.18. The van der Waals surface area contributed by atoms with Gasteiger partial charge in [-0.15, -0.1) is 0 Å². The largest absolute Gasteiger partial charge is 0.478 e. The first-order chi connectivity index (χ1) is 11.4. The number of hydrogen-bond donors (Lipinski definition) is 0. The Balaban J connectivity index is 2.29. The van der Waals surface area contributed by atoms with E-state index in [4.69, 9.17) is 9.47 Å². The van der Waals surface area contributed by atoms with Crippen LogP contribution in [0.2, 0.25) is 0 Å². The standard InChI is InChI=1S/C15H11F5O5/c1-14(2)24-12(21)8(13(22)25-14)3-7-4-9(16)11(10(17)5-7)23-6-15(18,19)20/h3-5H,6H2,1-2H3. The van der Waals surface area contributed by atoms with Crippen molar-refractivity contribution in [3.05, 3.63) is 34.9 Å². The van der Waals surface area contributed by atoms with E-state index in [1.807, 2.05) is 0 Å². The second kappa shape index (κ2) is 6.34. The van der Waals surface area contributed by atoms with E-state index in [9.17, 15) is 31.5 Å². The van der Waals surface area contributed by atoms with E-state index in [0.29, 0.717) is 12.1 Å². The van der Waals surface area contributed by atoms with Crippen LogP contribution in [0.3, 0.4) is 0 Å². The van der Waals surface area contributed by atoms with E-state index < -0.39 is 53.5 Å². The summed E-state index contributed by atoms with van der Waals surface area (Å²) in [6.45, 7) is 0.742. The molecule has 1 saturated heterocycles. The number of ether oxygens (including phenoxy) is 3. The fraction of sp³-hybridized carbons (Fsp3) is 0.333. The minimum absolute atomic E-state index is 0.307. The van der Waals surface area contributed by atoms with Crippen LogP contribution in [0.1, 0.15) is 19.4 Å². The van der Waals surface area contributed by atoms with E-state index >= 15 is 0 Å². The molecular formula is C15H11F5O5. The second-order valence-electron chi connectivity index (χ2n) is 5.45. The summed E-state index contributed by atoms with van der Waals surface area (Å²) in [4.78, 5) is 23.5. The van der Waals surface area contributed by atoms with Gasteiger partial charge in [0.15, 0.2) is 24.0 Å². The number of cyclic esters (lactones) is 2. The van der Waals surface area contributed by atoms with Crippen molar-refractivity contribution >= 4 is 18.0 Å². The normalized spacial score (nSPS) is 17.0. The molecule has 0 unspecified atom stereocenters. The second-order valence-corrected chi connectivity index (χ2v) is 5.45. The molecule has 1 heterocycles. The molecule has 0 atom stereocenters. The summed E-state index contributed by atoms with van der Waals surface area (Å²) in [6.07, 6.45) is -3.98. The van der Waals surface area contributed by atoms with E-state index in [2.05, 4.69) is 4.74 Å². The third kappa shape index (κ3) is 4.68. The van der Waals surface area contributed by atoms with Crippen molar-refractivity contribution in [1.82, 2.24) is 0 Å². The van der Waals surface area contributed by atoms with Crippen molar-refractivity contribution in [2.75, 3.05) is 6.61 Å². The first kappa shape index (κ1) is 18.7. The molecule has 5 nitrogen and oxygen atoms in total. The molecule has 0 saturated carbocycles. The number of benzene rings is 1. The SMILES string of the molecule is CC1(C)OC(=O)C(=Cc2cc(F)c(OCC(F)(F)F)c(F)c2)C(=O)O1. The zero-order valence-electron chi connectivity index (χ0n) is 12.9. The van der Waals surface area contributed by atoms with E-state index in [1.54, 1.807) is 0 Å². The molecule has 25 heavy (non-hydrogen) atoms. The molecule has 1 aliphatic rings. The molecule has 1 aliphatic heterocycles. The Labute approximate surface area is 138 Å². The molecule has 0 aromatic heterocycles. The Morgan fingerprint density at radius 3 is 2.00 bits per heavy atom. The predicted molar refractivity (Wildman–Crippen MR) is 72.1 cm³/mol. The van der Waals surface area contributed by atoms with Crippen LogP contribution < -0.4 is 4.74 Å². The van der Waals surface area contributed by atoms with Gasteiger partial charge in [0.05, 0.1) is 0 Å². The number of carbonyl (C=O) groups excluding carboxylic acids is 2. The van der Waals surface area contributed by atoms with Crippen LogP contribution in [-0.4, -0.2) is 30.5 Å². The minimum atomic E-state index is -4.78. The average Bonchev–Trinajstić information content (AvgIpc) is 2.39. The molecule has 1 aromatic carbocycles. The van der Waals surface area contributed by atoms with E-state index in [1.165, 1.54) is 13.8 Å². The summed E-state index contributed by atoms with van der Waals surface area (Å²) in [5.74, 6) is -7.73. The molecule has 0 aliphatic carbocycles. The van der Waals surface area contributed by atoms with Crippen LogP contribution in [0, 0.1) is 11.6 Å². The third-order valence-corrected chi connectivity index (χ3v) is 2.83. The summed E-state index contributed by atoms with van der Waals surface area (Å²) in [6, 6.07) is 1.20. The predicted octanol–water partition coefficient (Wildman–Crippen LogP) is 3.13. The Bertz CT molecular complexity index is 706. The Morgan fingerprint density at radius 2 is 1.56 bits per heavy atom. The Morgan fingerprint density at radius 1 is 1.08 bits per heavy atom. The van der Waals surface area contributed by atoms with E-state index in [-0.39, 0.29) is 5.56 Å². The lowest BCUT2D eigenvalue weighted by Crippen LogP contribution is -2.41. The lowest BCUT2D eigenvalue weighted by molar-refractivity contribution is -0.222. The van der Waals surface area contributed by atoms with Crippen LogP contribution >= 0.6 is 0 Å². The van der Waals surface area contributed by atoms with Gasteiger partial charge in [-0.2, -0.15) is 13.2 Å². The van der Waals surface area contributed by atoms with Crippen LogP contribution in [0.4, 0.5) is 22.0 Å². The number of alkyl halides is 3. The molecule has 10 heteroatoms. The van der Waals surface area contributed by atoms with Gasteiger partial charge in [-0.25, -0.2) is 18.4 Å². The lowest BCUT2D eigenvalue weighted by Gasteiger charge is -2.29. The summed E-state index contributed by atoms with van der Waals surface area (Å²) < 4.78 is 77.4. The summed E-state index contributed by atoms with van der Waals surface area (Å²) in [7, 11) is 0. The lowest BCUT2D eigenvalue weighted by atomic mass is 10.1. The Hall–Kier alpha value is -2.65. The summed E-state index contributed by atoms with van der Waals surface area (Å²) in [5.41, 5.74) is -0.931. The first-order valence-corrected chi connectivity index (χ1v) is 6.75. The molecule has 136 valence electrons. The van der Waals surface area contributed by atoms with Gasteiger partial charge in [-0.1, -0.05) is 0 Å². The number of rotatable bonds is 3. The highest BCUT2D eigenvalue weighted by Gasteiger charge is 2.39. The fourth-order valence-corrected chi connectivity index (χ4v) is 1.90. The highest BCUT2D eigenvalue weighted by Crippen LogP contribution is 2.28. The average molecular weight is 366 g/mol. The monoisotopic (exact) mass is 366 g/mol. The summed E-state index contributed by atoms with van der Waals surface area (Å²) >= 11 is 0. The maximum absolute atomic E-state index is 13.8. The highest BCUT2D eigenvalue weighted by atomic mass is 19.4. The number of esters is 2. The third-order valence-electron chi connectivity index (χ3n) is 2.83. The van der Waals surface area contributed by atoms with Crippen molar-refractivity contribution in [3.8, 4) is 5.75 Å². The fourth-order valence-electron chi connectivity index (χ4n) is 1.90. The van der Waals surface area contributed by atoms with Crippen molar-refractivity contribution in [3.63, 3.8) is 0 Å². The zero-order chi connectivity index (χ0) is 19.0. The zero-order valence-corrected chi connectivity index (χ0v) is 12.9. The molecule has 0 spiro atoms. The number of halogens is 5. The van der Waals surface area contributed by atoms with E-state index in [0.717, 1.165) is 6.08 Å². The van der Waals surface area contributed by atoms with Gasteiger partial charge < -0.3 is 14.2 Å². The Kier molecular flexibility index (Phi) is 4.74. The van der Waals surface area contributed by atoms with Crippen molar-refractivity contribution in [1.29, 1.82) is 0 Å². The number of hydrogen-bond acceptors (Lipinski definition) is 5. The van der Waals surface area contributed by atoms with Crippen LogP contribution in [0.25, 0.3) is 6.08 Å². The van der Waals surface area contributed by atoms with Crippen LogP contribution in [-0.2, 0) is 19.1 Å². The topological polar surface area (TPSA) is 61.8 Å². The van der Waals surface area contributed by atoms with Gasteiger partial charge in [0.25, 0.3) is 5.79 Å². The quantitative estimate of drug-likeness (QED) is 0.356. The van der Waals surface area contributed by atoms with Gasteiger partial charge in [-0.3, -0.25) is 0 Å². The van der Waals surface area contributed by atoms with Gasteiger partial charge in [0.1, 0.15) is 5.57 Å². The van der Waals surface area contributed by atoms with Gasteiger partial charge in [0.2, 0.25) is 0 Å². The van der Waals surface area contributed by atoms with Crippen molar-refractivity contribution < 1.29 is 45.8 Å². The molecule has 0 radical (unpaired) electrons. The minimum Gasteiger partial charge on any atom is -0.478 e. The first-order valence-electron chi connectivity index (χ1n) is 6.75. The van der Waals surface area contributed by atoms with Gasteiger partial charge >= 0.3 is 18.1 Å². The van der Waals surface area contributed by atoms with Crippen LogP contribution in [0.15, 0.2) is 17.7 Å². The maximum atomic E-state index is 13.8. The molecule has 1 fully saturated rings. The molecular weight excluding hydrogens is 355 g/mol. The maximum Gasteiger partial charge on any atom is 0.422 e. The van der Waals surface area contributed by atoms with Crippen LogP contribution in [0.5, 0.6) is 5.75 Å². The molecule has 1 aromatic rings. The summed E-state index contributed by atoms with van der Waals surface area (Å²) in [5, 5.41) is 0. The van der Waals surface area contributed by atoms with Gasteiger partial charge in [0, 0.05) is 13.8 Å². The molecule has 0 amide bonds.